The molecule has 2 saturated heterocycles. The molecular formula is C22H32N2O5S. The third kappa shape index (κ3) is 3.97. The van der Waals surface area contributed by atoms with Gasteiger partial charge in [0.2, 0.25) is 10.0 Å². The zero-order valence-electron chi connectivity index (χ0n) is 17.9. The van der Waals surface area contributed by atoms with E-state index in [1.165, 1.54) is 30.3 Å². The zero-order chi connectivity index (χ0) is 21.3. The topological polar surface area (TPSA) is 76.2 Å². The molecule has 3 atom stereocenters. The quantitative estimate of drug-likeness (QED) is 0.725. The Morgan fingerprint density at radius 2 is 1.83 bits per heavy atom. The smallest absolute Gasteiger partial charge is 0.254 e. The number of carbonyl (C=O) groups excluding carboxylic acids is 1. The summed E-state index contributed by atoms with van der Waals surface area (Å²) < 4.78 is 38.5. The van der Waals surface area contributed by atoms with E-state index in [2.05, 4.69) is 6.92 Å². The second-order valence-corrected chi connectivity index (χ2v) is 10.6. The number of nitrogens with zero attached hydrogens (tertiary/aromatic N) is 2. The minimum atomic E-state index is -3.77. The summed E-state index contributed by atoms with van der Waals surface area (Å²) in [5, 5.41) is 0. The lowest BCUT2D eigenvalue weighted by molar-refractivity contribution is 0.0217. The van der Waals surface area contributed by atoms with Crippen molar-refractivity contribution in [1.82, 2.24) is 9.21 Å². The third-order valence-corrected chi connectivity index (χ3v) is 8.92. The highest BCUT2D eigenvalue weighted by Gasteiger charge is 2.40. The van der Waals surface area contributed by atoms with Gasteiger partial charge in [-0.1, -0.05) is 19.8 Å². The number of hydrogen-bond donors (Lipinski definition) is 0. The lowest BCUT2D eigenvalue weighted by atomic mass is 9.72. The zero-order valence-corrected chi connectivity index (χ0v) is 18.7. The van der Waals surface area contributed by atoms with Gasteiger partial charge < -0.3 is 14.4 Å². The first kappa shape index (κ1) is 21.6. The summed E-state index contributed by atoms with van der Waals surface area (Å²) in [7, 11) is -2.31. The second kappa shape index (κ2) is 8.85. The highest BCUT2D eigenvalue weighted by molar-refractivity contribution is 7.89. The number of hydrogen-bond acceptors (Lipinski definition) is 5. The standard InChI is InChI=1S/C22H32N2O5S/c1-16-9-10-24(19-6-4-3-5-18(16)19)22(25)17-7-8-20(28-2)21(15-17)30(26,27)23-11-13-29-14-12-23/h7-8,15-16,18-19H,3-6,9-14H2,1-2H3. The molecule has 7 nitrogen and oxygen atoms in total. The number of morpholine rings is 1. The highest BCUT2D eigenvalue weighted by Crippen LogP contribution is 2.39. The van der Waals surface area contributed by atoms with E-state index in [9.17, 15) is 13.2 Å². The van der Waals surface area contributed by atoms with Crippen molar-refractivity contribution in [3.63, 3.8) is 0 Å². The molecule has 1 aromatic rings. The molecule has 0 radical (unpaired) electrons. The van der Waals surface area contributed by atoms with E-state index in [0.29, 0.717) is 43.7 Å². The number of piperidine rings is 1. The van der Waals surface area contributed by atoms with Crippen LogP contribution in [0.2, 0.25) is 0 Å². The summed E-state index contributed by atoms with van der Waals surface area (Å²) in [6.45, 7) is 4.38. The molecule has 2 heterocycles. The van der Waals surface area contributed by atoms with E-state index < -0.39 is 10.0 Å². The van der Waals surface area contributed by atoms with Crippen molar-refractivity contribution >= 4 is 15.9 Å². The lowest BCUT2D eigenvalue weighted by Crippen LogP contribution is -2.52. The first-order chi connectivity index (χ1) is 14.4. The second-order valence-electron chi connectivity index (χ2n) is 8.66. The highest BCUT2D eigenvalue weighted by atomic mass is 32.2. The Bertz CT molecular complexity index is 882. The van der Waals surface area contributed by atoms with Gasteiger partial charge in [0, 0.05) is 31.2 Å². The molecule has 1 aromatic carbocycles. The maximum absolute atomic E-state index is 13.5. The number of ether oxygens (including phenoxy) is 2. The average molecular weight is 437 g/mol. The number of fused-ring (bicyclic) bond motifs is 1. The van der Waals surface area contributed by atoms with Crippen LogP contribution in [0, 0.1) is 11.8 Å². The van der Waals surface area contributed by atoms with Crippen LogP contribution in [-0.4, -0.2) is 69.5 Å². The van der Waals surface area contributed by atoms with Crippen molar-refractivity contribution in [3.05, 3.63) is 23.8 Å². The number of methoxy groups -OCH3 is 1. The summed E-state index contributed by atoms with van der Waals surface area (Å²) >= 11 is 0. The van der Waals surface area contributed by atoms with Crippen LogP contribution >= 0.6 is 0 Å². The van der Waals surface area contributed by atoms with E-state index in [1.54, 1.807) is 12.1 Å². The maximum Gasteiger partial charge on any atom is 0.254 e. The molecule has 2 aliphatic heterocycles. The molecule has 4 rings (SSSR count). The van der Waals surface area contributed by atoms with E-state index in [1.807, 2.05) is 4.90 Å². The molecular weight excluding hydrogens is 404 g/mol. The molecule has 1 amide bonds. The molecule has 0 bridgehead atoms. The number of benzene rings is 1. The minimum absolute atomic E-state index is 0.0586. The maximum atomic E-state index is 13.5. The van der Waals surface area contributed by atoms with Gasteiger partial charge in [-0.3, -0.25) is 4.79 Å². The van der Waals surface area contributed by atoms with Crippen LogP contribution in [0.4, 0.5) is 0 Å². The lowest BCUT2D eigenvalue weighted by Gasteiger charge is -2.47. The predicted molar refractivity (Wildman–Crippen MR) is 113 cm³/mol. The van der Waals surface area contributed by atoms with Gasteiger partial charge in [-0.2, -0.15) is 4.31 Å². The van der Waals surface area contributed by atoms with Crippen LogP contribution in [0.5, 0.6) is 5.75 Å². The fourth-order valence-corrected chi connectivity index (χ4v) is 6.86. The SMILES string of the molecule is COc1ccc(C(=O)N2CCC(C)C3CCCCC32)cc1S(=O)(=O)N1CCOCC1. The number of likely N-dealkylation sites (tertiary alicyclic amines) is 1. The van der Waals surface area contributed by atoms with Crippen LogP contribution in [0.1, 0.15) is 49.4 Å². The van der Waals surface area contributed by atoms with Crippen LogP contribution in [0.15, 0.2) is 23.1 Å². The first-order valence-corrected chi connectivity index (χ1v) is 12.4. The van der Waals surface area contributed by atoms with Gasteiger partial charge in [-0.25, -0.2) is 8.42 Å². The molecule has 1 aliphatic carbocycles. The Morgan fingerprint density at radius 1 is 1.10 bits per heavy atom. The summed E-state index contributed by atoms with van der Waals surface area (Å²) in [5.41, 5.74) is 0.418. The number of carbonyl (C=O) groups is 1. The number of sulfonamides is 1. The molecule has 1 saturated carbocycles. The minimum Gasteiger partial charge on any atom is -0.495 e. The van der Waals surface area contributed by atoms with Gasteiger partial charge >= 0.3 is 0 Å². The summed E-state index contributed by atoms with van der Waals surface area (Å²) in [5.74, 6) is 1.37. The average Bonchev–Trinajstić information content (AvgIpc) is 2.79. The number of amides is 1. The van der Waals surface area contributed by atoms with Crippen molar-refractivity contribution < 1.29 is 22.7 Å². The molecule has 166 valence electrons. The van der Waals surface area contributed by atoms with Crippen molar-refractivity contribution in [2.24, 2.45) is 11.8 Å². The molecule has 8 heteroatoms. The van der Waals surface area contributed by atoms with E-state index in [0.717, 1.165) is 25.8 Å². The summed E-state index contributed by atoms with van der Waals surface area (Å²) in [6.07, 6.45) is 5.60. The molecule has 0 N–H and O–H groups in total. The Hall–Kier alpha value is -1.64. The van der Waals surface area contributed by atoms with Gasteiger partial charge in [0.25, 0.3) is 5.91 Å². The van der Waals surface area contributed by atoms with Gasteiger partial charge in [-0.15, -0.1) is 0 Å². The fraction of sp³-hybridized carbons (Fsp3) is 0.682. The third-order valence-electron chi connectivity index (χ3n) is 7.00. The molecule has 30 heavy (non-hydrogen) atoms. The molecule has 0 aromatic heterocycles. The van der Waals surface area contributed by atoms with Gasteiger partial charge in [-0.05, 0) is 49.3 Å². The fourth-order valence-electron chi connectivity index (χ4n) is 5.27. The molecule has 3 unspecified atom stereocenters. The van der Waals surface area contributed by atoms with Crippen molar-refractivity contribution in [2.75, 3.05) is 40.0 Å². The van der Waals surface area contributed by atoms with Gasteiger partial charge in [0.1, 0.15) is 10.6 Å². The molecule has 3 aliphatic rings. The summed E-state index contributed by atoms with van der Waals surface area (Å²) in [6, 6.07) is 5.05. The van der Waals surface area contributed by atoms with Crippen molar-refractivity contribution in [1.29, 1.82) is 0 Å². The first-order valence-electron chi connectivity index (χ1n) is 11.0. The van der Waals surface area contributed by atoms with Crippen LogP contribution in [0.3, 0.4) is 0 Å². The molecule has 0 spiro atoms. The Labute approximate surface area is 179 Å². The van der Waals surface area contributed by atoms with E-state index >= 15 is 0 Å². The Balaban J connectivity index is 1.65. The predicted octanol–water partition coefficient (Wildman–Crippen LogP) is 2.76. The number of rotatable bonds is 4. The Kier molecular flexibility index (Phi) is 6.36. The van der Waals surface area contributed by atoms with Crippen LogP contribution < -0.4 is 4.74 Å². The monoisotopic (exact) mass is 436 g/mol. The van der Waals surface area contributed by atoms with Crippen LogP contribution in [0.25, 0.3) is 0 Å². The van der Waals surface area contributed by atoms with E-state index in [-0.39, 0.29) is 22.6 Å². The van der Waals surface area contributed by atoms with Crippen molar-refractivity contribution in [2.45, 2.75) is 50.0 Å². The van der Waals surface area contributed by atoms with Gasteiger partial charge in [0.05, 0.1) is 20.3 Å². The normalized spacial score (nSPS) is 28.1. The largest absolute Gasteiger partial charge is 0.495 e. The molecule has 3 fully saturated rings. The Morgan fingerprint density at radius 3 is 2.57 bits per heavy atom. The van der Waals surface area contributed by atoms with Crippen molar-refractivity contribution in [3.8, 4) is 5.75 Å². The summed E-state index contributed by atoms with van der Waals surface area (Å²) in [4.78, 5) is 15.5. The van der Waals surface area contributed by atoms with Crippen LogP contribution in [-0.2, 0) is 14.8 Å². The van der Waals surface area contributed by atoms with E-state index in [4.69, 9.17) is 9.47 Å². The van der Waals surface area contributed by atoms with Gasteiger partial charge in [0.15, 0.2) is 0 Å².